The largest absolute Gasteiger partial charge is 0.317 e. The Kier molecular flexibility index (Phi) is 14.4. The SMILES string of the molecule is C=O.CC.CNC1CCC(NC)CC1. The molecule has 0 aromatic carbocycles. The van der Waals surface area contributed by atoms with Gasteiger partial charge < -0.3 is 15.4 Å². The van der Waals surface area contributed by atoms with Crippen molar-refractivity contribution in [3.05, 3.63) is 0 Å². The number of rotatable bonds is 2. The van der Waals surface area contributed by atoms with E-state index < -0.39 is 0 Å². The lowest BCUT2D eigenvalue weighted by atomic mass is 9.91. The summed E-state index contributed by atoms with van der Waals surface area (Å²) in [6, 6.07) is 1.56. The van der Waals surface area contributed by atoms with Gasteiger partial charge in [-0.1, -0.05) is 13.8 Å². The van der Waals surface area contributed by atoms with Gasteiger partial charge in [-0.2, -0.15) is 0 Å². The fourth-order valence-electron chi connectivity index (χ4n) is 1.67. The quantitative estimate of drug-likeness (QED) is 0.714. The predicted octanol–water partition coefficient (Wildman–Crippen LogP) is 1.58. The van der Waals surface area contributed by atoms with Gasteiger partial charge in [0.25, 0.3) is 0 Å². The molecule has 0 aliphatic heterocycles. The standard InChI is InChI=1S/C8H18N2.C2H6.CH2O/c1-9-7-3-5-8(10-2)6-4-7;2*1-2/h7-10H,3-6H2,1-2H3;1-2H3;1H2. The van der Waals surface area contributed by atoms with Gasteiger partial charge in [-0.15, -0.1) is 0 Å². The summed E-state index contributed by atoms with van der Waals surface area (Å²) in [5.41, 5.74) is 0. The lowest BCUT2D eigenvalue weighted by Crippen LogP contribution is -2.37. The summed E-state index contributed by atoms with van der Waals surface area (Å²) >= 11 is 0. The first-order valence-corrected chi connectivity index (χ1v) is 5.50. The van der Waals surface area contributed by atoms with Gasteiger partial charge in [0.05, 0.1) is 0 Å². The summed E-state index contributed by atoms with van der Waals surface area (Å²) in [6.45, 7) is 6.00. The van der Waals surface area contributed by atoms with E-state index in [1.807, 2.05) is 20.6 Å². The minimum atomic E-state index is 0.782. The molecule has 1 aliphatic carbocycles. The van der Waals surface area contributed by atoms with Crippen molar-refractivity contribution in [2.24, 2.45) is 0 Å². The molecule has 1 rings (SSSR count). The van der Waals surface area contributed by atoms with Crippen LogP contribution in [0.5, 0.6) is 0 Å². The Bertz CT molecular complexity index is 89.5. The summed E-state index contributed by atoms with van der Waals surface area (Å²) in [5, 5.41) is 6.64. The minimum absolute atomic E-state index is 0.782. The molecule has 0 atom stereocenters. The lowest BCUT2D eigenvalue weighted by molar-refractivity contribution is -0.0979. The Morgan fingerprint density at radius 3 is 1.21 bits per heavy atom. The number of hydrogen-bond acceptors (Lipinski definition) is 3. The molecule has 14 heavy (non-hydrogen) atoms. The van der Waals surface area contributed by atoms with Crippen LogP contribution in [0, 0.1) is 0 Å². The molecule has 0 radical (unpaired) electrons. The van der Waals surface area contributed by atoms with Gasteiger partial charge in [0.2, 0.25) is 0 Å². The van der Waals surface area contributed by atoms with Crippen LogP contribution in [-0.4, -0.2) is 33.0 Å². The van der Waals surface area contributed by atoms with Crippen LogP contribution >= 0.6 is 0 Å². The van der Waals surface area contributed by atoms with Crippen LogP contribution in [0.3, 0.4) is 0 Å². The highest BCUT2D eigenvalue weighted by Crippen LogP contribution is 2.17. The first kappa shape index (κ1) is 16.0. The van der Waals surface area contributed by atoms with Gasteiger partial charge in [-0.25, -0.2) is 0 Å². The van der Waals surface area contributed by atoms with Gasteiger partial charge >= 0.3 is 0 Å². The highest BCUT2D eigenvalue weighted by molar-refractivity contribution is 5.10. The Morgan fingerprint density at radius 1 is 0.857 bits per heavy atom. The second-order valence-corrected chi connectivity index (χ2v) is 3.13. The van der Waals surface area contributed by atoms with Crippen molar-refractivity contribution in [2.45, 2.75) is 51.6 Å². The molecule has 0 aromatic heterocycles. The van der Waals surface area contributed by atoms with Crippen LogP contribution < -0.4 is 10.6 Å². The fourth-order valence-corrected chi connectivity index (χ4v) is 1.67. The summed E-state index contributed by atoms with van der Waals surface area (Å²) in [4.78, 5) is 8.00. The third kappa shape index (κ3) is 7.04. The molecule has 0 amide bonds. The number of carbonyl (C=O) groups is 1. The van der Waals surface area contributed by atoms with Gasteiger partial charge in [0, 0.05) is 12.1 Å². The maximum Gasteiger partial charge on any atom is 0.106 e. The van der Waals surface area contributed by atoms with Crippen molar-refractivity contribution in [3.8, 4) is 0 Å². The molecule has 3 nitrogen and oxygen atoms in total. The first-order valence-electron chi connectivity index (χ1n) is 5.50. The second kappa shape index (κ2) is 12.6. The minimum Gasteiger partial charge on any atom is -0.317 e. The average Bonchev–Trinajstić information content (AvgIpc) is 2.34. The molecule has 0 aromatic rings. The van der Waals surface area contributed by atoms with E-state index in [1.165, 1.54) is 25.7 Å². The molecule has 3 heteroatoms. The van der Waals surface area contributed by atoms with Gasteiger partial charge in [0.15, 0.2) is 0 Å². The highest BCUT2D eigenvalue weighted by Gasteiger charge is 2.17. The monoisotopic (exact) mass is 202 g/mol. The summed E-state index contributed by atoms with van der Waals surface area (Å²) in [7, 11) is 4.12. The zero-order valence-electron chi connectivity index (χ0n) is 10.1. The molecular formula is C11H26N2O. The number of hydrogen-bond donors (Lipinski definition) is 2. The van der Waals surface area contributed by atoms with E-state index in [9.17, 15) is 0 Å². The van der Waals surface area contributed by atoms with Crippen LogP contribution in [0.2, 0.25) is 0 Å². The average molecular weight is 202 g/mol. The van der Waals surface area contributed by atoms with E-state index in [1.54, 1.807) is 0 Å². The molecule has 0 spiro atoms. The molecule has 86 valence electrons. The number of carbonyl (C=O) groups excluding carboxylic acids is 1. The van der Waals surface area contributed by atoms with Crippen molar-refractivity contribution < 1.29 is 4.79 Å². The van der Waals surface area contributed by atoms with E-state index >= 15 is 0 Å². The summed E-state index contributed by atoms with van der Waals surface area (Å²) < 4.78 is 0. The molecule has 0 saturated heterocycles. The molecule has 1 fully saturated rings. The molecule has 0 unspecified atom stereocenters. The summed E-state index contributed by atoms with van der Waals surface area (Å²) in [5.74, 6) is 0. The molecule has 0 bridgehead atoms. The third-order valence-electron chi connectivity index (χ3n) is 2.54. The van der Waals surface area contributed by atoms with Gasteiger partial charge in [-0.05, 0) is 39.8 Å². The lowest BCUT2D eigenvalue weighted by Gasteiger charge is -2.27. The first-order chi connectivity index (χ1) is 6.86. The maximum atomic E-state index is 8.00. The van der Waals surface area contributed by atoms with E-state index in [0.717, 1.165) is 12.1 Å². The predicted molar refractivity (Wildman–Crippen MR) is 62.6 cm³/mol. The number of nitrogens with one attached hydrogen (secondary N) is 2. The van der Waals surface area contributed by atoms with Crippen molar-refractivity contribution in [1.82, 2.24) is 10.6 Å². The highest BCUT2D eigenvalue weighted by atomic mass is 16.1. The zero-order valence-corrected chi connectivity index (χ0v) is 10.1. The van der Waals surface area contributed by atoms with E-state index in [4.69, 9.17) is 4.79 Å². The normalized spacial score (nSPS) is 25.1. The smallest absolute Gasteiger partial charge is 0.106 e. The fraction of sp³-hybridized carbons (Fsp3) is 0.909. The molecule has 2 N–H and O–H groups in total. The Morgan fingerprint density at radius 2 is 1.07 bits per heavy atom. The third-order valence-corrected chi connectivity index (χ3v) is 2.54. The zero-order chi connectivity index (χ0) is 11.4. The second-order valence-electron chi connectivity index (χ2n) is 3.13. The molecule has 0 heterocycles. The van der Waals surface area contributed by atoms with Crippen LogP contribution in [0.4, 0.5) is 0 Å². The van der Waals surface area contributed by atoms with Crippen molar-refractivity contribution >= 4 is 6.79 Å². The van der Waals surface area contributed by atoms with Crippen molar-refractivity contribution in [3.63, 3.8) is 0 Å². The summed E-state index contributed by atoms with van der Waals surface area (Å²) in [6.07, 6.45) is 5.34. The Labute approximate surface area is 88.7 Å². The topological polar surface area (TPSA) is 41.1 Å². The maximum absolute atomic E-state index is 8.00. The van der Waals surface area contributed by atoms with Crippen LogP contribution in [0.25, 0.3) is 0 Å². The van der Waals surface area contributed by atoms with Gasteiger partial charge in [-0.3, -0.25) is 0 Å². The van der Waals surface area contributed by atoms with E-state index in [2.05, 4.69) is 24.7 Å². The molecule has 1 saturated carbocycles. The van der Waals surface area contributed by atoms with Crippen molar-refractivity contribution in [1.29, 1.82) is 0 Å². The van der Waals surface area contributed by atoms with Crippen LogP contribution in [0.15, 0.2) is 0 Å². The van der Waals surface area contributed by atoms with Crippen molar-refractivity contribution in [2.75, 3.05) is 14.1 Å². The van der Waals surface area contributed by atoms with Crippen LogP contribution in [-0.2, 0) is 4.79 Å². The molecular weight excluding hydrogens is 176 g/mol. The van der Waals surface area contributed by atoms with E-state index in [0.29, 0.717) is 0 Å². The molecule has 1 aliphatic rings. The Hall–Kier alpha value is -0.410. The Balaban J connectivity index is 0. The van der Waals surface area contributed by atoms with Crippen LogP contribution in [0.1, 0.15) is 39.5 Å². The van der Waals surface area contributed by atoms with Gasteiger partial charge in [0.1, 0.15) is 6.79 Å². The van der Waals surface area contributed by atoms with E-state index in [-0.39, 0.29) is 0 Å².